The maximum Gasteiger partial charge on any atom is 0.115 e. The Morgan fingerprint density at radius 2 is 0.647 bits per heavy atom. The van der Waals surface area contributed by atoms with Crippen molar-refractivity contribution in [3.05, 3.63) is 24.3 Å². The maximum atomic E-state index is 10.3. The first-order valence-corrected chi connectivity index (χ1v) is 23.8. The van der Waals surface area contributed by atoms with Gasteiger partial charge >= 0.3 is 0 Å². The van der Waals surface area contributed by atoms with Crippen molar-refractivity contribution in [3.63, 3.8) is 0 Å². The fraction of sp³-hybridized carbons (Fsp3) is 0.878. The van der Waals surface area contributed by atoms with E-state index in [2.05, 4.69) is 24.0 Å². The fourth-order valence-electron chi connectivity index (χ4n) is 27.6. The minimum atomic E-state index is 0.442. The molecule has 0 spiro atoms. The van der Waals surface area contributed by atoms with E-state index in [1.807, 2.05) is 12.1 Å². The van der Waals surface area contributed by atoms with Gasteiger partial charge in [-0.1, -0.05) is 0 Å². The number of rotatable bonds is 1. The lowest BCUT2D eigenvalue weighted by Gasteiger charge is -2.62. The van der Waals surface area contributed by atoms with Crippen LogP contribution in [0.3, 0.4) is 0 Å². The van der Waals surface area contributed by atoms with Gasteiger partial charge in [0.25, 0.3) is 0 Å². The Morgan fingerprint density at radius 3 is 1.08 bits per heavy atom. The van der Waals surface area contributed by atoms with Gasteiger partial charge < -0.3 is 10.0 Å². The van der Waals surface area contributed by atoms with Crippen molar-refractivity contribution in [3.8, 4) is 5.75 Å². The van der Waals surface area contributed by atoms with Crippen LogP contribution in [0.4, 0.5) is 5.69 Å². The molecule has 266 valence electrons. The normalized spacial score (nSPS) is 76.3. The largest absolute Gasteiger partial charge is 0.508 e. The second-order valence-corrected chi connectivity index (χ2v) is 24.5. The summed E-state index contributed by atoms with van der Waals surface area (Å²) in [6, 6.07) is 9.26. The van der Waals surface area contributed by atoms with Gasteiger partial charge in [0.15, 0.2) is 0 Å². The minimum absolute atomic E-state index is 0.442. The Balaban J connectivity index is 0.929. The highest BCUT2D eigenvalue weighted by atomic mass is 16.3. The Labute approximate surface area is 305 Å². The zero-order valence-electron chi connectivity index (χ0n) is 30.6. The molecule has 1 N–H and O–H groups in total. The summed E-state index contributed by atoms with van der Waals surface area (Å²) in [7, 11) is 0. The maximum absolute atomic E-state index is 10.3. The zero-order valence-corrected chi connectivity index (χ0v) is 30.6. The number of hydrogen-bond donors (Lipinski definition) is 1. The molecule has 0 bridgehead atoms. The standard InChI is InChI=1S/C49H59NO/c1-15-27-26(14-50(15)16-2-4-17(51)5-3-16)28-24-12-10-22-20-8-6-18-19-7-9-21-23-11-13-25-35(27)42-38(28)43-36(24)33(22)40-31(20)29(18)39-30(19)32(21)41-34(23)37(25)44(42)49-47(41)45(39)46(40)48(43)49/h2-5,15,18-49,51H,6-14H2,1H3. The molecule has 33 atom stereocenters. The van der Waals surface area contributed by atoms with E-state index in [0.29, 0.717) is 11.8 Å². The van der Waals surface area contributed by atoms with Crippen molar-refractivity contribution < 1.29 is 5.11 Å². The van der Waals surface area contributed by atoms with Crippen LogP contribution in [0.5, 0.6) is 5.75 Å². The molecule has 33 unspecified atom stereocenters. The summed E-state index contributed by atoms with van der Waals surface area (Å²) in [5.41, 5.74) is 1.43. The molecule has 18 rings (SSSR count). The number of phenolic OH excluding ortho intramolecular Hbond substituents is 1. The van der Waals surface area contributed by atoms with Crippen LogP contribution in [0.2, 0.25) is 0 Å². The lowest BCUT2D eigenvalue weighted by atomic mass is 9.42. The van der Waals surface area contributed by atoms with Gasteiger partial charge in [-0.15, -0.1) is 0 Å². The summed E-state index contributed by atoms with van der Waals surface area (Å²) in [5, 5.41) is 10.3. The van der Waals surface area contributed by atoms with E-state index in [1.165, 1.54) is 125 Å². The predicted octanol–water partition coefficient (Wildman–Crippen LogP) is 8.66. The Hall–Kier alpha value is -1.18. The SMILES string of the molecule is CC1C2C(CN1c1ccc(O)cc1)C1C3CCC4C5CCC6C7CCC8C9CCC%10C%11C9C9C8C7C7C6C5C5C4C3C3C1C(C%102)C%11C1C9C7C5C31. The van der Waals surface area contributed by atoms with E-state index >= 15 is 0 Å². The second-order valence-electron chi connectivity index (χ2n) is 24.5. The highest BCUT2D eigenvalue weighted by Crippen LogP contribution is 2.93. The highest BCUT2D eigenvalue weighted by Gasteiger charge is 2.89. The lowest BCUT2D eigenvalue weighted by molar-refractivity contribution is -0.154. The third kappa shape index (κ3) is 2.28. The third-order valence-electron chi connectivity index (χ3n) is 26.0. The summed E-state index contributed by atoms with van der Waals surface area (Å²) in [4.78, 5) is 2.94. The number of hydrogen-bond acceptors (Lipinski definition) is 2. The van der Waals surface area contributed by atoms with Crippen molar-refractivity contribution in [2.24, 2.45) is 189 Å². The molecular weight excluding hydrogens is 619 g/mol. The molecule has 0 radical (unpaired) electrons. The molecule has 17 aliphatic rings. The van der Waals surface area contributed by atoms with Crippen molar-refractivity contribution >= 4 is 5.69 Å². The van der Waals surface area contributed by atoms with E-state index in [4.69, 9.17) is 0 Å². The quantitative estimate of drug-likeness (QED) is 0.322. The van der Waals surface area contributed by atoms with Crippen LogP contribution in [-0.2, 0) is 0 Å². The summed E-state index contributed by atoms with van der Waals surface area (Å²) >= 11 is 0. The van der Waals surface area contributed by atoms with Crippen LogP contribution in [0.1, 0.15) is 58.3 Å². The molecule has 16 saturated carbocycles. The van der Waals surface area contributed by atoms with Crippen molar-refractivity contribution in [1.29, 1.82) is 0 Å². The van der Waals surface area contributed by atoms with Gasteiger partial charge in [0.05, 0.1) is 0 Å². The van der Waals surface area contributed by atoms with E-state index in [-0.39, 0.29) is 0 Å². The Bertz CT molecular complexity index is 1850. The number of fused-ring (bicyclic) bond motifs is 8. The second kappa shape index (κ2) is 7.78. The van der Waals surface area contributed by atoms with Gasteiger partial charge in [-0.05, 0) is 272 Å². The molecule has 16 aliphatic carbocycles. The van der Waals surface area contributed by atoms with Gasteiger partial charge in [0.2, 0.25) is 0 Å². The molecule has 1 aromatic rings. The first kappa shape index (κ1) is 26.6. The summed E-state index contributed by atoms with van der Waals surface area (Å²) in [6.07, 6.45) is 13.4. The Kier molecular flexibility index (Phi) is 4.05. The van der Waals surface area contributed by atoms with Crippen molar-refractivity contribution in [2.45, 2.75) is 64.3 Å². The van der Waals surface area contributed by atoms with Gasteiger partial charge in [-0.3, -0.25) is 0 Å². The number of anilines is 1. The van der Waals surface area contributed by atoms with E-state index in [1.54, 1.807) is 51.4 Å². The summed E-state index contributed by atoms with van der Waals surface area (Å²) in [5.74, 6) is 37.4. The molecular formula is C49H59NO. The predicted molar refractivity (Wildman–Crippen MR) is 194 cm³/mol. The Morgan fingerprint density at radius 1 is 0.353 bits per heavy atom. The molecule has 2 heteroatoms. The van der Waals surface area contributed by atoms with Gasteiger partial charge in [-0.25, -0.2) is 0 Å². The third-order valence-corrected chi connectivity index (χ3v) is 26.0. The van der Waals surface area contributed by atoms with Gasteiger partial charge in [-0.2, -0.15) is 0 Å². The minimum Gasteiger partial charge on any atom is -0.508 e. The first-order chi connectivity index (χ1) is 25.2. The van der Waals surface area contributed by atoms with E-state index < -0.39 is 0 Å². The molecule has 0 aromatic heterocycles. The average molecular weight is 678 g/mol. The lowest BCUT2D eigenvalue weighted by Crippen LogP contribution is -2.59. The smallest absolute Gasteiger partial charge is 0.115 e. The number of benzene rings is 1. The van der Waals surface area contributed by atoms with Crippen LogP contribution in [0, 0.1) is 189 Å². The fourth-order valence-corrected chi connectivity index (χ4v) is 27.6. The van der Waals surface area contributed by atoms with Crippen molar-refractivity contribution in [2.75, 3.05) is 11.4 Å². The number of phenols is 1. The average Bonchev–Trinajstić information content (AvgIpc) is 4.00. The van der Waals surface area contributed by atoms with Crippen LogP contribution >= 0.6 is 0 Å². The number of nitrogens with zero attached hydrogens (tertiary/aromatic N) is 1. The van der Waals surface area contributed by atoms with E-state index in [9.17, 15) is 5.11 Å². The van der Waals surface area contributed by atoms with Crippen LogP contribution < -0.4 is 4.90 Å². The summed E-state index contributed by atoms with van der Waals surface area (Å²) in [6.45, 7) is 4.08. The molecule has 17 fully saturated rings. The van der Waals surface area contributed by atoms with Crippen LogP contribution in [0.25, 0.3) is 0 Å². The molecule has 2 nitrogen and oxygen atoms in total. The van der Waals surface area contributed by atoms with E-state index in [0.717, 1.165) is 76.9 Å². The number of aromatic hydroxyl groups is 1. The zero-order chi connectivity index (χ0) is 32.0. The van der Waals surface area contributed by atoms with Crippen LogP contribution in [0.15, 0.2) is 24.3 Å². The van der Waals surface area contributed by atoms with Crippen molar-refractivity contribution in [1.82, 2.24) is 0 Å². The summed E-state index contributed by atoms with van der Waals surface area (Å²) < 4.78 is 0. The molecule has 1 saturated heterocycles. The monoisotopic (exact) mass is 677 g/mol. The molecule has 1 heterocycles. The topological polar surface area (TPSA) is 23.5 Å². The molecule has 51 heavy (non-hydrogen) atoms. The molecule has 1 aliphatic heterocycles. The van der Waals surface area contributed by atoms with Crippen LogP contribution in [-0.4, -0.2) is 17.7 Å². The molecule has 0 amide bonds. The van der Waals surface area contributed by atoms with Gasteiger partial charge in [0, 0.05) is 18.3 Å². The highest BCUT2D eigenvalue weighted by molar-refractivity contribution is 5.52. The van der Waals surface area contributed by atoms with Gasteiger partial charge in [0.1, 0.15) is 5.75 Å². The first-order valence-electron chi connectivity index (χ1n) is 23.8. The molecule has 1 aromatic carbocycles.